The number of thiazole rings is 1. The summed E-state index contributed by atoms with van der Waals surface area (Å²) < 4.78 is 1.03. The molecule has 0 unspecified atom stereocenters. The first-order chi connectivity index (χ1) is 15.6. The second-order valence-corrected chi connectivity index (χ2v) is 9.42. The number of hydrogen-bond acceptors (Lipinski definition) is 7. The van der Waals surface area contributed by atoms with E-state index in [0.29, 0.717) is 48.1 Å². The first kappa shape index (κ1) is 20.9. The molecule has 1 atom stereocenters. The van der Waals surface area contributed by atoms with Crippen LogP contribution in [0, 0.1) is 0 Å². The standard InChI is InChI=1S/C22H26N6O3S/c29-20-17(21-25-15-5-1-2-6-16(15)32-21)19(24-14-4-3-9-23-12-14)26-18(27-20)13-7-10-28(11-8-13)22(30)31/h1-2,5-6,13-14,23H,3-4,7-12H2,(H,30,31)(H2,24,26,27,29)/t14-/m1/s1. The Morgan fingerprint density at radius 2 is 2.00 bits per heavy atom. The first-order valence-corrected chi connectivity index (χ1v) is 11.9. The lowest BCUT2D eigenvalue weighted by atomic mass is 9.96. The third-order valence-corrected chi connectivity index (χ3v) is 7.29. The Morgan fingerprint density at radius 3 is 2.72 bits per heavy atom. The van der Waals surface area contributed by atoms with Crippen LogP contribution in [0.3, 0.4) is 0 Å². The monoisotopic (exact) mass is 454 g/mol. The molecule has 2 fully saturated rings. The molecule has 0 aliphatic carbocycles. The molecule has 5 rings (SSSR count). The molecule has 0 saturated carbocycles. The van der Waals surface area contributed by atoms with Crippen LogP contribution < -0.4 is 16.2 Å². The Kier molecular flexibility index (Phi) is 5.79. The van der Waals surface area contributed by atoms with E-state index in [1.54, 1.807) is 0 Å². The summed E-state index contributed by atoms with van der Waals surface area (Å²) in [6, 6.07) is 8.04. The molecule has 10 heteroatoms. The van der Waals surface area contributed by atoms with Gasteiger partial charge in [0.2, 0.25) is 0 Å². The summed E-state index contributed by atoms with van der Waals surface area (Å²) in [5.41, 5.74) is 1.13. The molecule has 2 aromatic heterocycles. The summed E-state index contributed by atoms with van der Waals surface area (Å²) in [4.78, 5) is 38.5. The van der Waals surface area contributed by atoms with Gasteiger partial charge in [-0.05, 0) is 44.4 Å². The third kappa shape index (κ3) is 4.20. The quantitative estimate of drug-likeness (QED) is 0.478. The molecule has 0 radical (unpaired) electrons. The summed E-state index contributed by atoms with van der Waals surface area (Å²) in [6.07, 6.45) is 2.45. The van der Waals surface area contributed by atoms with Crippen LogP contribution in [0.2, 0.25) is 0 Å². The van der Waals surface area contributed by atoms with Gasteiger partial charge in [-0.15, -0.1) is 11.3 Å². The zero-order valence-electron chi connectivity index (χ0n) is 17.6. The Bertz CT molecular complexity index is 1140. The molecule has 9 nitrogen and oxygen atoms in total. The number of carboxylic acid groups (broad SMARTS) is 1. The summed E-state index contributed by atoms with van der Waals surface area (Å²) >= 11 is 1.49. The van der Waals surface area contributed by atoms with Crippen molar-refractivity contribution in [2.45, 2.75) is 37.6 Å². The number of aromatic amines is 1. The molecule has 4 N–H and O–H groups in total. The number of hydrogen-bond donors (Lipinski definition) is 4. The van der Waals surface area contributed by atoms with Crippen LogP contribution in [0.5, 0.6) is 0 Å². The van der Waals surface area contributed by atoms with Crippen molar-refractivity contribution < 1.29 is 9.90 Å². The number of fused-ring (bicyclic) bond motifs is 1. The maximum atomic E-state index is 13.3. The number of H-pyrrole nitrogens is 1. The minimum atomic E-state index is -0.900. The minimum Gasteiger partial charge on any atom is -0.465 e. The normalized spacial score (nSPS) is 19.9. The fourth-order valence-corrected chi connectivity index (χ4v) is 5.49. The Balaban J connectivity index is 1.52. The highest BCUT2D eigenvalue weighted by Crippen LogP contribution is 2.33. The Labute approximate surface area is 188 Å². The van der Waals surface area contributed by atoms with E-state index in [1.807, 2.05) is 24.3 Å². The summed E-state index contributed by atoms with van der Waals surface area (Å²) in [5, 5.41) is 16.8. The largest absolute Gasteiger partial charge is 0.465 e. The number of piperidine rings is 2. The molecular weight excluding hydrogens is 428 g/mol. The van der Waals surface area contributed by atoms with Crippen LogP contribution in [-0.2, 0) is 0 Å². The molecule has 0 spiro atoms. The predicted octanol–water partition coefficient (Wildman–Crippen LogP) is 3.07. The van der Waals surface area contributed by atoms with Crippen LogP contribution in [0.25, 0.3) is 20.8 Å². The molecular formula is C22H26N6O3S. The Morgan fingerprint density at radius 1 is 1.19 bits per heavy atom. The van der Waals surface area contributed by atoms with Gasteiger partial charge in [0.1, 0.15) is 22.2 Å². The lowest BCUT2D eigenvalue weighted by Crippen LogP contribution is -2.39. The van der Waals surface area contributed by atoms with Crippen molar-refractivity contribution >= 4 is 33.5 Å². The summed E-state index contributed by atoms with van der Waals surface area (Å²) in [5.74, 6) is 1.21. The molecule has 168 valence electrons. The summed E-state index contributed by atoms with van der Waals surface area (Å²) in [6.45, 7) is 2.70. The highest BCUT2D eigenvalue weighted by molar-refractivity contribution is 7.21. The van der Waals surface area contributed by atoms with Gasteiger partial charge < -0.3 is 25.6 Å². The van der Waals surface area contributed by atoms with E-state index in [0.717, 1.165) is 36.1 Å². The van der Waals surface area contributed by atoms with Gasteiger partial charge in [0.05, 0.1) is 10.2 Å². The zero-order chi connectivity index (χ0) is 22.1. The second kappa shape index (κ2) is 8.87. The molecule has 1 aromatic carbocycles. The van der Waals surface area contributed by atoms with Gasteiger partial charge >= 0.3 is 6.09 Å². The maximum absolute atomic E-state index is 13.3. The van der Waals surface area contributed by atoms with Crippen molar-refractivity contribution in [3.63, 3.8) is 0 Å². The third-order valence-electron chi connectivity index (χ3n) is 6.24. The van der Waals surface area contributed by atoms with Crippen molar-refractivity contribution in [2.24, 2.45) is 0 Å². The number of nitrogens with one attached hydrogen (secondary N) is 3. The number of anilines is 1. The van der Waals surface area contributed by atoms with Gasteiger partial charge in [-0.25, -0.2) is 14.8 Å². The van der Waals surface area contributed by atoms with E-state index >= 15 is 0 Å². The lowest BCUT2D eigenvalue weighted by molar-refractivity contribution is 0.131. The number of likely N-dealkylation sites (tertiary alicyclic amines) is 1. The van der Waals surface area contributed by atoms with Crippen LogP contribution >= 0.6 is 11.3 Å². The lowest BCUT2D eigenvalue weighted by Gasteiger charge is -2.30. The van der Waals surface area contributed by atoms with Gasteiger partial charge in [-0.3, -0.25) is 4.79 Å². The number of amides is 1. The van der Waals surface area contributed by atoms with Gasteiger partial charge in [-0.1, -0.05) is 12.1 Å². The van der Waals surface area contributed by atoms with Crippen molar-refractivity contribution in [3.05, 3.63) is 40.4 Å². The van der Waals surface area contributed by atoms with Crippen molar-refractivity contribution in [3.8, 4) is 10.6 Å². The van der Waals surface area contributed by atoms with E-state index in [1.165, 1.54) is 16.2 Å². The molecule has 0 bridgehead atoms. The van der Waals surface area contributed by atoms with Crippen LogP contribution in [0.4, 0.5) is 10.6 Å². The fourth-order valence-electron chi connectivity index (χ4n) is 4.48. The number of aromatic nitrogens is 3. The van der Waals surface area contributed by atoms with Crippen molar-refractivity contribution in [2.75, 3.05) is 31.5 Å². The molecule has 3 aromatic rings. The van der Waals surface area contributed by atoms with E-state index in [2.05, 4.69) is 15.6 Å². The van der Waals surface area contributed by atoms with E-state index in [9.17, 15) is 14.7 Å². The fraction of sp³-hybridized carbons (Fsp3) is 0.455. The smallest absolute Gasteiger partial charge is 0.407 e. The number of benzene rings is 1. The molecule has 2 saturated heterocycles. The highest BCUT2D eigenvalue weighted by atomic mass is 32.1. The van der Waals surface area contributed by atoms with E-state index < -0.39 is 6.09 Å². The second-order valence-electron chi connectivity index (χ2n) is 8.39. The number of nitrogens with zero attached hydrogens (tertiary/aromatic N) is 3. The van der Waals surface area contributed by atoms with Crippen LogP contribution in [0.15, 0.2) is 29.1 Å². The molecule has 4 heterocycles. The SMILES string of the molecule is O=C(O)N1CCC(c2nc(N[C@@H]3CCCNC3)c(-c3nc4ccccc4s3)c(=O)[nH]2)CC1. The predicted molar refractivity (Wildman–Crippen MR) is 125 cm³/mol. The van der Waals surface area contributed by atoms with Gasteiger partial charge in [0, 0.05) is 31.6 Å². The zero-order valence-corrected chi connectivity index (χ0v) is 18.5. The van der Waals surface area contributed by atoms with Gasteiger partial charge in [-0.2, -0.15) is 0 Å². The van der Waals surface area contributed by atoms with Gasteiger partial charge in [0.15, 0.2) is 0 Å². The average Bonchev–Trinajstić information content (AvgIpc) is 3.23. The number of carbonyl (C=O) groups is 1. The number of para-hydroxylation sites is 1. The van der Waals surface area contributed by atoms with Gasteiger partial charge in [0.25, 0.3) is 5.56 Å². The van der Waals surface area contributed by atoms with E-state index in [4.69, 9.17) is 9.97 Å². The van der Waals surface area contributed by atoms with E-state index in [-0.39, 0.29) is 17.5 Å². The average molecular weight is 455 g/mol. The first-order valence-electron chi connectivity index (χ1n) is 11.0. The molecule has 32 heavy (non-hydrogen) atoms. The maximum Gasteiger partial charge on any atom is 0.407 e. The van der Waals surface area contributed by atoms with Crippen molar-refractivity contribution in [1.82, 2.24) is 25.2 Å². The molecule has 2 aliphatic rings. The van der Waals surface area contributed by atoms with Crippen LogP contribution in [-0.4, -0.2) is 63.3 Å². The van der Waals surface area contributed by atoms with Crippen molar-refractivity contribution in [1.29, 1.82) is 0 Å². The minimum absolute atomic E-state index is 0.0211. The van der Waals surface area contributed by atoms with Crippen LogP contribution in [0.1, 0.15) is 37.4 Å². The summed E-state index contributed by atoms with van der Waals surface area (Å²) in [7, 11) is 0. The number of rotatable bonds is 4. The topological polar surface area (TPSA) is 123 Å². The Hall–Kier alpha value is -2.98. The molecule has 2 aliphatic heterocycles. The molecule has 1 amide bonds. The highest BCUT2D eigenvalue weighted by Gasteiger charge is 2.28.